The van der Waals surface area contributed by atoms with E-state index in [0.717, 1.165) is 18.4 Å². The van der Waals surface area contributed by atoms with E-state index in [1.807, 2.05) is 12.1 Å². The Bertz CT molecular complexity index is 876. The van der Waals surface area contributed by atoms with Crippen LogP contribution < -0.4 is 10.6 Å². The average molecular weight is 423 g/mol. The van der Waals surface area contributed by atoms with Crippen molar-refractivity contribution in [3.8, 4) is 0 Å². The van der Waals surface area contributed by atoms with Gasteiger partial charge < -0.3 is 10.2 Å². The van der Waals surface area contributed by atoms with E-state index in [1.165, 1.54) is 4.31 Å². The van der Waals surface area contributed by atoms with E-state index < -0.39 is 28.0 Å². The van der Waals surface area contributed by atoms with Gasteiger partial charge in [-0.05, 0) is 30.5 Å². The minimum absolute atomic E-state index is 0.115. The van der Waals surface area contributed by atoms with Crippen LogP contribution in [-0.4, -0.2) is 67.7 Å². The Morgan fingerprint density at radius 3 is 2.31 bits per heavy atom. The number of piperazine rings is 1. The summed E-state index contributed by atoms with van der Waals surface area (Å²) in [5.74, 6) is -0.580. The summed E-state index contributed by atoms with van der Waals surface area (Å²) in [6, 6.07) is 5.72. The number of carbonyl (C=O) groups excluding carboxylic acids is 3. The highest BCUT2D eigenvalue weighted by atomic mass is 32.2. The number of carbonyl (C=O) groups is 3. The summed E-state index contributed by atoms with van der Waals surface area (Å²) < 4.78 is 27.1. The van der Waals surface area contributed by atoms with Gasteiger partial charge in [0.25, 0.3) is 5.91 Å². The molecule has 2 heterocycles. The van der Waals surface area contributed by atoms with E-state index in [1.54, 1.807) is 17.0 Å². The van der Waals surface area contributed by atoms with Crippen molar-refractivity contribution in [3.63, 3.8) is 0 Å². The molecule has 0 aromatic heterocycles. The summed E-state index contributed by atoms with van der Waals surface area (Å²) >= 11 is 0. The number of nitrogens with zero attached hydrogens (tertiary/aromatic N) is 2. The number of benzene rings is 1. The third-order valence-corrected chi connectivity index (χ3v) is 7.11. The molecule has 1 aromatic rings. The number of imide groups is 1. The number of aryl methyl sites for hydroxylation is 1. The van der Waals surface area contributed by atoms with Crippen LogP contribution in [0.3, 0.4) is 0 Å². The van der Waals surface area contributed by atoms with Crippen LogP contribution in [-0.2, 0) is 26.0 Å². The fourth-order valence-electron chi connectivity index (χ4n) is 3.53. The fourth-order valence-corrected chi connectivity index (χ4v) is 4.95. The first-order chi connectivity index (χ1) is 13.8. The molecule has 0 saturated carbocycles. The van der Waals surface area contributed by atoms with Crippen LogP contribution in [0.25, 0.3) is 0 Å². The molecular formula is C19H26N4O5S. The molecule has 1 atom stereocenters. The number of urea groups is 1. The number of rotatable bonds is 7. The molecule has 0 aliphatic carbocycles. The van der Waals surface area contributed by atoms with Crippen LogP contribution in [0.1, 0.15) is 31.7 Å². The lowest BCUT2D eigenvalue weighted by molar-refractivity contribution is -0.132. The van der Waals surface area contributed by atoms with Gasteiger partial charge in [-0.3, -0.25) is 14.9 Å². The molecule has 10 heteroatoms. The summed E-state index contributed by atoms with van der Waals surface area (Å²) in [7, 11) is -3.59. The molecule has 3 rings (SSSR count). The smallest absolute Gasteiger partial charge is 0.322 e. The van der Waals surface area contributed by atoms with Crippen molar-refractivity contribution in [1.29, 1.82) is 0 Å². The van der Waals surface area contributed by atoms with Gasteiger partial charge in [-0.25, -0.2) is 13.2 Å². The van der Waals surface area contributed by atoms with Crippen LogP contribution in [0, 0.1) is 0 Å². The lowest BCUT2D eigenvalue weighted by atomic mass is 10.1. The number of hydrogen-bond acceptors (Lipinski definition) is 5. The summed E-state index contributed by atoms with van der Waals surface area (Å²) in [6.07, 6.45) is 2.25. The van der Waals surface area contributed by atoms with Gasteiger partial charge in [-0.15, -0.1) is 0 Å². The van der Waals surface area contributed by atoms with Crippen molar-refractivity contribution in [2.24, 2.45) is 0 Å². The first-order valence-electron chi connectivity index (χ1n) is 9.79. The molecule has 9 nitrogen and oxygen atoms in total. The lowest BCUT2D eigenvalue weighted by Crippen LogP contribution is -2.50. The molecule has 2 aliphatic heterocycles. The molecule has 4 amide bonds. The normalized spacial score (nSPS) is 20.4. The second-order valence-electron chi connectivity index (χ2n) is 7.23. The average Bonchev–Trinajstić information content (AvgIpc) is 3.04. The molecule has 29 heavy (non-hydrogen) atoms. The minimum atomic E-state index is -3.59. The molecular weight excluding hydrogens is 396 g/mol. The van der Waals surface area contributed by atoms with Gasteiger partial charge in [0.1, 0.15) is 6.04 Å². The van der Waals surface area contributed by atoms with Gasteiger partial charge >= 0.3 is 6.03 Å². The highest BCUT2D eigenvalue weighted by molar-refractivity contribution is 7.89. The third-order valence-electron chi connectivity index (χ3n) is 5.20. The molecule has 2 aliphatic rings. The van der Waals surface area contributed by atoms with E-state index in [0.29, 0.717) is 13.1 Å². The molecule has 0 unspecified atom stereocenters. The largest absolute Gasteiger partial charge is 0.340 e. The van der Waals surface area contributed by atoms with Crippen molar-refractivity contribution in [2.45, 2.75) is 43.5 Å². The first kappa shape index (κ1) is 21.3. The maximum Gasteiger partial charge on any atom is 0.322 e. The molecule has 2 N–H and O–H groups in total. The van der Waals surface area contributed by atoms with Crippen LogP contribution >= 0.6 is 0 Å². The predicted octanol–water partition coefficient (Wildman–Crippen LogP) is 0.460. The Labute approximate surface area is 170 Å². The van der Waals surface area contributed by atoms with Gasteiger partial charge in [0.2, 0.25) is 15.9 Å². The minimum Gasteiger partial charge on any atom is -0.340 e. The summed E-state index contributed by atoms with van der Waals surface area (Å²) in [5.41, 5.74) is 1.11. The van der Waals surface area contributed by atoms with Crippen molar-refractivity contribution in [1.82, 2.24) is 19.8 Å². The summed E-state index contributed by atoms with van der Waals surface area (Å²) in [4.78, 5) is 36.9. The Hall–Kier alpha value is -2.46. The molecule has 1 aromatic carbocycles. The number of sulfonamides is 1. The monoisotopic (exact) mass is 422 g/mol. The number of amides is 4. The Kier molecular flexibility index (Phi) is 6.53. The van der Waals surface area contributed by atoms with Gasteiger partial charge in [0.15, 0.2) is 0 Å². The molecule has 2 saturated heterocycles. The van der Waals surface area contributed by atoms with Gasteiger partial charge in [-0.2, -0.15) is 4.31 Å². The summed E-state index contributed by atoms with van der Waals surface area (Å²) in [6.45, 7) is 3.13. The third kappa shape index (κ3) is 4.94. The molecule has 0 spiro atoms. The Morgan fingerprint density at radius 2 is 1.76 bits per heavy atom. The maximum absolute atomic E-state index is 12.8. The van der Waals surface area contributed by atoms with Gasteiger partial charge in [-0.1, -0.05) is 25.5 Å². The molecule has 158 valence electrons. The van der Waals surface area contributed by atoms with Crippen molar-refractivity contribution in [2.75, 3.05) is 26.2 Å². The second kappa shape index (κ2) is 8.91. The van der Waals surface area contributed by atoms with E-state index in [9.17, 15) is 22.8 Å². The zero-order chi connectivity index (χ0) is 21.0. The van der Waals surface area contributed by atoms with Gasteiger partial charge in [0.05, 0.1) is 4.90 Å². The van der Waals surface area contributed by atoms with Crippen LogP contribution in [0.4, 0.5) is 4.79 Å². The quantitative estimate of drug-likeness (QED) is 0.620. The topological polar surface area (TPSA) is 116 Å². The van der Waals surface area contributed by atoms with E-state index in [-0.39, 0.29) is 36.7 Å². The highest BCUT2D eigenvalue weighted by Gasteiger charge is 2.32. The van der Waals surface area contributed by atoms with Crippen molar-refractivity contribution in [3.05, 3.63) is 29.8 Å². The van der Waals surface area contributed by atoms with Gasteiger partial charge in [0, 0.05) is 32.6 Å². The van der Waals surface area contributed by atoms with Crippen LogP contribution in [0.2, 0.25) is 0 Å². The highest BCUT2D eigenvalue weighted by Crippen LogP contribution is 2.19. The second-order valence-corrected chi connectivity index (χ2v) is 9.17. The fraction of sp³-hybridized carbons (Fsp3) is 0.526. The molecule has 0 bridgehead atoms. The summed E-state index contributed by atoms with van der Waals surface area (Å²) in [5, 5.41) is 4.59. The van der Waals surface area contributed by atoms with Crippen LogP contribution in [0.5, 0.6) is 0 Å². The predicted molar refractivity (Wildman–Crippen MR) is 105 cm³/mol. The SMILES string of the molecule is CCCc1ccc(S(=O)(=O)N2CCN(C(=O)CC[C@@H]3NC(=O)NC3=O)CC2)cc1. The maximum atomic E-state index is 12.8. The Morgan fingerprint density at radius 1 is 1.10 bits per heavy atom. The van der Waals surface area contributed by atoms with E-state index in [4.69, 9.17) is 0 Å². The molecule has 2 fully saturated rings. The van der Waals surface area contributed by atoms with E-state index >= 15 is 0 Å². The molecule has 0 radical (unpaired) electrons. The van der Waals surface area contributed by atoms with Crippen molar-refractivity contribution >= 4 is 27.9 Å². The lowest BCUT2D eigenvalue weighted by Gasteiger charge is -2.34. The number of nitrogens with one attached hydrogen (secondary N) is 2. The zero-order valence-corrected chi connectivity index (χ0v) is 17.2. The van der Waals surface area contributed by atoms with Crippen LogP contribution in [0.15, 0.2) is 29.2 Å². The Balaban J connectivity index is 1.52. The van der Waals surface area contributed by atoms with E-state index in [2.05, 4.69) is 17.6 Å². The standard InChI is InChI=1S/C19H26N4O5S/c1-2-3-14-4-6-15(7-5-14)29(27,28)23-12-10-22(11-13-23)17(24)9-8-16-18(25)21-19(26)20-16/h4-7,16H,2-3,8-13H2,1H3,(H2,20,21,25,26)/t16-/m0/s1. The first-order valence-corrected chi connectivity index (χ1v) is 11.2. The van der Waals surface area contributed by atoms with Crippen molar-refractivity contribution < 1.29 is 22.8 Å². The number of hydrogen-bond donors (Lipinski definition) is 2. The zero-order valence-electron chi connectivity index (χ0n) is 16.4.